The summed E-state index contributed by atoms with van der Waals surface area (Å²) in [5.74, 6) is 0.998. The molecule has 0 fully saturated rings. The molecule has 0 spiro atoms. The summed E-state index contributed by atoms with van der Waals surface area (Å²) >= 11 is 0. The molecule has 5 aromatic carbocycles. The van der Waals surface area contributed by atoms with Crippen molar-refractivity contribution in [2.75, 3.05) is 0 Å². The van der Waals surface area contributed by atoms with Crippen molar-refractivity contribution in [3.63, 3.8) is 0 Å². The van der Waals surface area contributed by atoms with E-state index in [0.29, 0.717) is 18.2 Å². The molecule has 7 rings (SSSR count). The predicted molar refractivity (Wildman–Crippen MR) is 189 cm³/mol. The first kappa shape index (κ1) is 30.7. The van der Waals surface area contributed by atoms with Gasteiger partial charge >= 0.3 is 0 Å². The molecule has 7 heteroatoms. The summed E-state index contributed by atoms with van der Waals surface area (Å²) in [5.41, 5.74) is 7.22. The van der Waals surface area contributed by atoms with E-state index < -0.39 is 5.54 Å². The molecule has 0 amide bonds. The van der Waals surface area contributed by atoms with Crippen molar-refractivity contribution < 1.29 is 4.79 Å². The van der Waals surface area contributed by atoms with Gasteiger partial charge in [-0.1, -0.05) is 153 Å². The maximum Gasteiger partial charge on any atom is 0.205 e. The van der Waals surface area contributed by atoms with Crippen molar-refractivity contribution in [3.05, 3.63) is 179 Å². The van der Waals surface area contributed by atoms with Crippen molar-refractivity contribution >= 4 is 6.29 Å². The van der Waals surface area contributed by atoms with Gasteiger partial charge in [-0.15, -0.1) is 15.0 Å². The highest BCUT2D eigenvalue weighted by molar-refractivity contribution is 5.80. The van der Waals surface area contributed by atoms with Gasteiger partial charge < -0.3 is 4.57 Å². The topological polar surface area (TPSA) is 78.5 Å². The Hall–Kier alpha value is -5.95. The molecule has 0 aliphatic carbocycles. The fourth-order valence-electron chi connectivity index (χ4n) is 6.45. The van der Waals surface area contributed by atoms with Crippen LogP contribution in [0.15, 0.2) is 146 Å². The molecule has 236 valence electrons. The van der Waals surface area contributed by atoms with Crippen LogP contribution < -0.4 is 0 Å². The van der Waals surface area contributed by atoms with Crippen LogP contribution in [0, 0.1) is 0 Å². The molecule has 2 heterocycles. The molecule has 0 aliphatic heterocycles. The molecule has 0 saturated carbocycles. The van der Waals surface area contributed by atoms with Crippen LogP contribution in [-0.2, 0) is 18.5 Å². The van der Waals surface area contributed by atoms with Crippen molar-refractivity contribution in [1.29, 1.82) is 0 Å². The molecule has 48 heavy (non-hydrogen) atoms. The second-order valence-electron chi connectivity index (χ2n) is 11.9. The van der Waals surface area contributed by atoms with Gasteiger partial charge in [-0.05, 0) is 51.4 Å². The predicted octanol–water partition coefficient (Wildman–Crippen LogP) is 8.25. The second kappa shape index (κ2) is 13.8. The summed E-state index contributed by atoms with van der Waals surface area (Å²) in [7, 11) is 0. The van der Waals surface area contributed by atoms with Crippen LogP contribution in [0.3, 0.4) is 0 Å². The zero-order valence-electron chi connectivity index (χ0n) is 26.9. The highest BCUT2D eigenvalue weighted by atomic mass is 16.1. The normalized spacial score (nSPS) is 11.4. The van der Waals surface area contributed by atoms with Gasteiger partial charge in [0.05, 0.1) is 5.69 Å². The van der Waals surface area contributed by atoms with Crippen LogP contribution in [-0.4, -0.2) is 36.0 Å². The monoisotopic (exact) mass is 628 g/mol. The number of hydrogen-bond acceptors (Lipinski definition) is 5. The van der Waals surface area contributed by atoms with Gasteiger partial charge in [0.25, 0.3) is 0 Å². The molecule has 7 aromatic rings. The van der Waals surface area contributed by atoms with Gasteiger partial charge in [0.15, 0.2) is 17.6 Å². The maximum atomic E-state index is 11.7. The number of nitrogens with zero attached hydrogens (tertiary/aromatic N) is 6. The Kier molecular flexibility index (Phi) is 8.83. The molecular formula is C41H36N6O. The van der Waals surface area contributed by atoms with Gasteiger partial charge in [0.2, 0.25) is 5.82 Å². The number of tetrazole rings is 1. The maximum absolute atomic E-state index is 11.7. The summed E-state index contributed by atoms with van der Waals surface area (Å²) in [6.07, 6.45) is 5.85. The van der Waals surface area contributed by atoms with E-state index in [-0.39, 0.29) is 0 Å². The summed E-state index contributed by atoms with van der Waals surface area (Å²) < 4.78 is 1.93. The number of aldehydes is 1. The van der Waals surface area contributed by atoms with E-state index in [4.69, 9.17) is 10.3 Å². The van der Waals surface area contributed by atoms with E-state index in [1.54, 1.807) is 4.80 Å². The SMILES string of the molecule is CCCCc1cn(Cc2ccc(-c3ccccc3-c3nnn(C(c4ccccc4)(c4ccccc4)c4ccccc4)n3)cc2)c(C=O)n1. The summed E-state index contributed by atoms with van der Waals surface area (Å²) in [6.45, 7) is 2.73. The highest BCUT2D eigenvalue weighted by Gasteiger charge is 2.41. The molecular weight excluding hydrogens is 592 g/mol. The van der Waals surface area contributed by atoms with Crippen LogP contribution in [0.2, 0.25) is 0 Å². The third-order valence-corrected chi connectivity index (χ3v) is 8.82. The summed E-state index contributed by atoms with van der Waals surface area (Å²) in [5, 5.41) is 14.6. The van der Waals surface area contributed by atoms with Crippen LogP contribution in [0.5, 0.6) is 0 Å². The van der Waals surface area contributed by atoms with Crippen LogP contribution in [0.4, 0.5) is 0 Å². The molecule has 0 bridgehead atoms. The number of aromatic nitrogens is 6. The van der Waals surface area contributed by atoms with E-state index in [2.05, 4.69) is 83.7 Å². The lowest BCUT2D eigenvalue weighted by molar-refractivity contribution is 0.111. The fraction of sp³-hybridized carbons (Fsp3) is 0.146. The first-order valence-electron chi connectivity index (χ1n) is 16.4. The standard InChI is InChI=1S/C41H36N6O/c1-2-3-21-36-29-46(39(30-48)42-36)28-31-24-26-32(27-25-31)37-22-13-14-23-38(37)40-43-45-47(44-40)41(33-15-7-4-8-16-33,34-17-9-5-10-18-34)35-19-11-6-12-20-35/h4-20,22-27,29-30H,2-3,21,28H2,1H3. The van der Waals surface area contributed by atoms with E-state index in [1.165, 1.54) is 0 Å². The van der Waals surface area contributed by atoms with Crippen LogP contribution >= 0.6 is 0 Å². The molecule has 7 nitrogen and oxygen atoms in total. The number of carbonyl (C=O) groups is 1. The Morgan fingerprint density at radius 3 is 1.81 bits per heavy atom. The van der Waals surface area contributed by atoms with Crippen molar-refractivity contribution in [2.45, 2.75) is 38.3 Å². The van der Waals surface area contributed by atoms with Crippen molar-refractivity contribution in [2.24, 2.45) is 0 Å². The third-order valence-electron chi connectivity index (χ3n) is 8.82. The fourth-order valence-corrected chi connectivity index (χ4v) is 6.45. The van der Waals surface area contributed by atoms with E-state index in [9.17, 15) is 4.79 Å². The minimum atomic E-state index is -0.851. The van der Waals surface area contributed by atoms with Gasteiger partial charge in [0, 0.05) is 18.3 Å². The Bertz CT molecular complexity index is 2010. The van der Waals surface area contributed by atoms with Gasteiger partial charge in [-0.25, -0.2) is 4.98 Å². The smallest absolute Gasteiger partial charge is 0.205 e. The lowest BCUT2D eigenvalue weighted by Crippen LogP contribution is -2.39. The van der Waals surface area contributed by atoms with Gasteiger partial charge in [0.1, 0.15) is 0 Å². The highest BCUT2D eigenvalue weighted by Crippen LogP contribution is 2.40. The molecule has 0 atom stereocenters. The molecule has 0 aliphatic rings. The van der Waals surface area contributed by atoms with Crippen molar-refractivity contribution in [3.8, 4) is 22.5 Å². The number of imidazole rings is 1. The van der Waals surface area contributed by atoms with Gasteiger partial charge in [-0.3, -0.25) is 4.79 Å². The quantitative estimate of drug-likeness (QED) is 0.101. The first-order valence-corrected chi connectivity index (χ1v) is 16.4. The largest absolute Gasteiger partial charge is 0.324 e. The molecule has 0 N–H and O–H groups in total. The van der Waals surface area contributed by atoms with Gasteiger partial charge in [-0.2, -0.15) is 0 Å². The zero-order valence-corrected chi connectivity index (χ0v) is 26.9. The molecule has 0 radical (unpaired) electrons. The van der Waals surface area contributed by atoms with E-state index in [0.717, 1.165) is 70.2 Å². The van der Waals surface area contributed by atoms with E-state index in [1.807, 2.05) is 83.6 Å². The summed E-state index contributed by atoms with van der Waals surface area (Å²) in [6, 6.07) is 47.6. The minimum Gasteiger partial charge on any atom is -0.324 e. The van der Waals surface area contributed by atoms with Crippen molar-refractivity contribution in [1.82, 2.24) is 29.8 Å². The number of aryl methyl sites for hydroxylation is 1. The first-order chi connectivity index (χ1) is 23.7. The van der Waals surface area contributed by atoms with E-state index >= 15 is 0 Å². The number of rotatable bonds is 12. The summed E-state index contributed by atoms with van der Waals surface area (Å²) in [4.78, 5) is 18.0. The zero-order chi connectivity index (χ0) is 32.8. The van der Waals surface area contributed by atoms with Crippen LogP contribution in [0.25, 0.3) is 22.5 Å². The third kappa shape index (κ3) is 5.86. The Morgan fingerprint density at radius 1 is 0.688 bits per heavy atom. The molecule has 0 unspecified atom stereocenters. The Labute approximate surface area is 280 Å². The Balaban J connectivity index is 1.26. The minimum absolute atomic E-state index is 0.460. The number of unbranched alkanes of at least 4 members (excludes halogenated alkanes) is 1. The number of hydrogen-bond donors (Lipinski definition) is 0. The average molecular weight is 629 g/mol. The molecule has 2 aromatic heterocycles. The number of benzene rings is 5. The average Bonchev–Trinajstić information content (AvgIpc) is 3.80. The van der Waals surface area contributed by atoms with Crippen LogP contribution in [0.1, 0.15) is 58.3 Å². The lowest BCUT2D eigenvalue weighted by atomic mass is 9.77. The Morgan fingerprint density at radius 2 is 1.25 bits per heavy atom. The lowest BCUT2D eigenvalue weighted by Gasteiger charge is -2.34. The second-order valence-corrected chi connectivity index (χ2v) is 11.9. The molecule has 0 saturated heterocycles. The number of carbonyl (C=O) groups excluding carboxylic acids is 1.